The number of benzene rings is 1. The van der Waals surface area contributed by atoms with Gasteiger partial charge in [-0.25, -0.2) is 0 Å². The molecular formula is C10H13NO3. The number of para-hydroxylation sites is 1. The van der Waals surface area contributed by atoms with Crippen molar-refractivity contribution >= 4 is 0 Å². The van der Waals surface area contributed by atoms with Gasteiger partial charge in [0.1, 0.15) is 12.7 Å². The van der Waals surface area contributed by atoms with Gasteiger partial charge in [-0.2, -0.15) is 0 Å². The molecule has 1 aliphatic rings. The zero-order chi connectivity index (χ0) is 10.1. The maximum atomic E-state index is 9.50. The Morgan fingerprint density at radius 1 is 1.57 bits per heavy atom. The summed E-state index contributed by atoms with van der Waals surface area (Å²) in [5.74, 6) is 1.30. The van der Waals surface area contributed by atoms with Crippen LogP contribution in [0.25, 0.3) is 0 Å². The molecule has 0 spiro atoms. The van der Waals surface area contributed by atoms with E-state index in [2.05, 4.69) is 0 Å². The van der Waals surface area contributed by atoms with E-state index in [1.807, 2.05) is 18.2 Å². The van der Waals surface area contributed by atoms with Gasteiger partial charge in [-0.3, -0.25) is 0 Å². The predicted molar refractivity (Wildman–Crippen MR) is 51.4 cm³/mol. The Morgan fingerprint density at radius 2 is 2.36 bits per heavy atom. The lowest BCUT2D eigenvalue weighted by Gasteiger charge is -2.28. The van der Waals surface area contributed by atoms with Gasteiger partial charge in [0.2, 0.25) is 0 Å². The highest BCUT2D eigenvalue weighted by atomic mass is 16.5. The Morgan fingerprint density at radius 3 is 3.07 bits per heavy atom. The molecule has 0 aromatic heterocycles. The van der Waals surface area contributed by atoms with Crippen molar-refractivity contribution < 1.29 is 14.6 Å². The average molecular weight is 195 g/mol. The fraction of sp³-hybridized carbons (Fsp3) is 0.400. The molecule has 0 fully saturated rings. The summed E-state index contributed by atoms with van der Waals surface area (Å²) in [4.78, 5) is 0. The third kappa shape index (κ3) is 1.32. The van der Waals surface area contributed by atoms with E-state index < -0.39 is 12.1 Å². The van der Waals surface area contributed by atoms with Crippen molar-refractivity contribution in [3.63, 3.8) is 0 Å². The molecule has 0 saturated heterocycles. The van der Waals surface area contributed by atoms with Gasteiger partial charge in [0.05, 0.1) is 13.2 Å². The number of aliphatic hydroxyl groups excluding tert-OH is 1. The van der Waals surface area contributed by atoms with Crippen LogP contribution in [0.2, 0.25) is 0 Å². The van der Waals surface area contributed by atoms with Crippen LogP contribution in [0.5, 0.6) is 11.5 Å². The summed E-state index contributed by atoms with van der Waals surface area (Å²) in [6.07, 6.45) is -0.644. The molecule has 0 aliphatic carbocycles. The molecule has 0 amide bonds. The molecule has 1 heterocycles. The van der Waals surface area contributed by atoms with Gasteiger partial charge in [0, 0.05) is 5.56 Å². The summed E-state index contributed by atoms with van der Waals surface area (Å²) in [5.41, 5.74) is 6.62. The quantitative estimate of drug-likeness (QED) is 0.682. The Bertz CT molecular complexity index is 340. The summed E-state index contributed by atoms with van der Waals surface area (Å²) >= 11 is 0. The van der Waals surface area contributed by atoms with E-state index in [0.717, 1.165) is 5.56 Å². The summed E-state index contributed by atoms with van der Waals surface area (Å²) in [5, 5.41) is 9.50. The van der Waals surface area contributed by atoms with Gasteiger partial charge in [-0.15, -0.1) is 0 Å². The molecule has 0 saturated carbocycles. The van der Waals surface area contributed by atoms with E-state index >= 15 is 0 Å². The molecule has 1 aliphatic heterocycles. The molecule has 76 valence electrons. The smallest absolute Gasteiger partial charge is 0.166 e. The topological polar surface area (TPSA) is 64.7 Å². The van der Waals surface area contributed by atoms with Gasteiger partial charge in [0.15, 0.2) is 11.5 Å². The number of aliphatic hydroxyl groups is 1. The first kappa shape index (κ1) is 9.30. The van der Waals surface area contributed by atoms with Crippen LogP contribution in [-0.2, 0) is 0 Å². The lowest BCUT2D eigenvalue weighted by molar-refractivity contribution is 0.0659. The van der Waals surface area contributed by atoms with E-state index in [9.17, 15) is 5.11 Å². The molecule has 1 aromatic rings. The SMILES string of the molecule is COc1cccc2c1OC[C@H](O)[C@@H]2N. The van der Waals surface area contributed by atoms with Gasteiger partial charge < -0.3 is 20.3 Å². The van der Waals surface area contributed by atoms with Crippen molar-refractivity contribution in [3.8, 4) is 11.5 Å². The molecule has 4 heteroatoms. The number of hydrogen-bond acceptors (Lipinski definition) is 4. The average Bonchev–Trinajstić information content (AvgIpc) is 2.23. The maximum absolute atomic E-state index is 9.50. The first-order chi connectivity index (χ1) is 6.74. The Kier molecular flexibility index (Phi) is 2.31. The van der Waals surface area contributed by atoms with Crippen molar-refractivity contribution in [3.05, 3.63) is 23.8 Å². The van der Waals surface area contributed by atoms with E-state index in [0.29, 0.717) is 11.5 Å². The Hall–Kier alpha value is -1.26. The normalized spacial score (nSPS) is 25.1. The zero-order valence-electron chi connectivity index (χ0n) is 7.93. The van der Waals surface area contributed by atoms with E-state index in [1.165, 1.54) is 0 Å². The molecule has 0 radical (unpaired) electrons. The second-order valence-electron chi connectivity index (χ2n) is 3.28. The van der Waals surface area contributed by atoms with Crippen LogP contribution >= 0.6 is 0 Å². The van der Waals surface area contributed by atoms with Crippen molar-refractivity contribution in [2.45, 2.75) is 12.1 Å². The fourth-order valence-electron chi connectivity index (χ4n) is 1.59. The fourth-order valence-corrected chi connectivity index (χ4v) is 1.59. The van der Waals surface area contributed by atoms with Crippen LogP contribution in [0.1, 0.15) is 11.6 Å². The van der Waals surface area contributed by atoms with Gasteiger partial charge in [0.25, 0.3) is 0 Å². The number of fused-ring (bicyclic) bond motifs is 1. The first-order valence-electron chi connectivity index (χ1n) is 4.47. The maximum Gasteiger partial charge on any atom is 0.166 e. The number of methoxy groups -OCH3 is 1. The summed E-state index contributed by atoms with van der Waals surface area (Å²) < 4.78 is 10.5. The molecule has 14 heavy (non-hydrogen) atoms. The molecule has 2 atom stereocenters. The summed E-state index contributed by atoms with van der Waals surface area (Å²) in [7, 11) is 1.58. The third-order valence-electron chi connectivity index (χ3n) is 2.40. The molecular weight excluding hydrogens is 182 g/mol. The molecule has 4 nitrogen and oxygen atoms in total. The predicted octanol–water partition coefficient (Wildman–Crippen LogP) is 0.448. The Balaban J connectivity index is 2.47. The minimum atomic E-state index is -0.644. The van der Waals surface area contributed by atoms with Crippen LogP contribution in [0, 0.1) is 0 Å². The van der Waals surface area contributed by atoms with Crippen LogP contribution in [-0.4, -0.2) is 24.9 Å². The third-order valence-corrected chi connectivity index (χ3v) is 2.40. The lowest BCUT2D eigenvalue weighted by atomic mass is 9.99. The largest absolute Gasteiger partial charge is 0.493 e. The highest BCUT2D eigenvalue weighted by Crippen LogP contribution is 2.38. The van der Waals surface area contributed by atoms with Gasteiger partial charge >= 0.3 is 0 Å². The van der Waals surface area contributed by atoms with E-state index in [-0.39, 0.29) is 6.61 Å². The monoisotopic (exact) mass is 195 g/mol. The molecule has 0 bridgehead atoms. The van der Waals surface area contributed by atoms with Crippen LogP contribution in [0.3, 0.4) is 0 Å². The second kappa shape index (κ2) is 3.48. The van der Waals surface area contributed by atoms with Gasteiger partial charge in [-0.1, -0.05) is 12.1 Å². The lowest BCUT2D eigenvalue weighted by Crippen LogP contribution is -2.35. The molecule has 1 aromatic carbocycles. The highest BCUT2D eigenvalue weighted by molar-refractivity contribution is 5.49. The molecule has 0 unspecified atom stereocenters. The van der Waals surface area contributed by atoms with E-state index in [4.69, 9.17) is 15.2 Å². The highest BCUT2D eigenvalue weighted by Gasteiger charge is 2.28. The van der Waals surface area contributed by atoms with Crippen LogP contribution in [0.4, 0.5) is 0 Å². The second-order valence-corrected chi connectivity index (χ2v) is 3.28. The number of ether oxygens (including phenoxy) is 2. The number of hydrogen-bond donors (Lipinski definition) is 2. The van der Waals surface area contributed by atoms with Crippen molar-refractivity contribution in [2.75, 3.05) is 13.7 Å². The minimum absolute atomic E-state index is 0.217. The van der Waals surface area contributed by atoms with E-state index in [1.54, 1.807) is 7.11 Å². The van der Waals surface area contributed by atoms with Crippen molar-refractivity contribution in [1.82, 2.24) is 0 Å². The number of nitrogens with two attached hydrogens (primary N) is 1. The van der Waals surface area contributed by atoms with Crippen LogP contribution < -0.4 is 15.2 Å². The first-order valence-corrected chi connectivity index (χ1v) is 4.47. The zero-order valence-corrected chi connectivity index (χ0v) is 7.93. The Labute approximate surface area is 82.2 Å². The standard InChI is InChI=1S/C10H13NO3/c1-13-8-4-2-3-6-9(11)7(12)5-14-10(6)8/h2-4,7,9,12H,5,11H2,1H3/t7-,9+/m0/s1. The number of rotatable bonds is 1. The summed E-state index contributed by atoms with van der Waals surface area (Å²) in [6, 6.07) is 5.08. The van der Waals surface area contributed by atoms with Crippen molar-refractivity contribution in [2.24, 2.45) is 5.73 Å². The minimum Gasteiger partial charge on any atom is -0.493 e. The summed E-state index contributed by atoms with van der Waals surface area (Å²) in [6.45, 7) is 0.217. The van der Waals surface area contributed by atoms with Crippen LogP contribution in [0.15, 0.2) is 18.2 Å². The van der Waals surface area contributed by atoms with Crippen molar-refractivity contribution in [1.29, 1.82) is 0 Å². The molecule has 3 N–H and O–H groups in total. The molecule has 2 rings (SSSR count). The van der Waals surface area contributed by atoms with Gasteiger partial charge in [-0.05, 0) is 6.07 Å².